The molecule has 1 aliphatic rings. The highest BCUT2D eigenvalue weighted by Gasteiger charge is 2.33. The number of nitrogens with zero attached hydrogens (tertiary/aromatic N) is 1. The van der Waals surface area contributed by atoms with E-state index in [4.69, 9.17) is 16.3 Å². The summed E-state index contributed by atoms with van der Waals surface area (Å²) >= 11 is 5.73. The average Bonchev–Trinajstić information content (AvgIpc) is 2.90. The normalized spacial score (nSPS) is 19.7. The SMILES string of the molecule is CC(C)(C)OC(=O)N1CCC(C(O)Cc2ccc(Cl)cc2F)C1. The number of likely N-dealkylation sites (tertiary alicyclic amines) is 1. The topological polar surface area (TPSA) is 49.8 Å². The van der Waals surface area contributed by atoms with Gasteiger partial charge in [0.25, 0.3) is 0 Å². The van der Waals surface area contributed by atoms with Crippen LogP contribution in [0, 0.1) is 11.7 Å². The van der Waals surface area contributed by atoms with Gasteiger partial charge in [-0.05, 0) is 44.9 Å². The van der Waals surface area contributed by atoms with Gasteiger partial charge in [0.05, 0.1) is 6.10 Å². The van der Waals surface area contributed by atoms with E-state index in [0.29, 0.717) is 30.1 Å². The molecule has 1 aliphatic heterocycles. The predicted octanol–water partition coefficient (Wildman–Crippen LogP) is 3.64. The Morgan fingerprint density at radius 1 is 1.52 bits per heavy atom. The van der Waals surface area contributed by atoms with Crippen LogP contribution in [0.3, 0.4) is 0 Å². The fourth-order valence-corrected chi connectivity index (χ4v) is 2.83. The summed E-state index contributed by atoms with van der Waals surface area (Å²) in [5.41, 5.74) is -0.113. The van der Waals surface area contributed by atoms with Crippen molar-refractivity contribution in [1.82, 2.24) is 4.90 Å². The lowest BCUT2D eigenvalue weighted by molar-refractivity contribution is 0.0268. The van der Waals surface area contributed by atoms with Gasteiger partial charge in [-0.3, -0.25) is 0 Å². The number of ether oxygens (including phenoxy) is 1. The lowest BCUT2D eigenvalue weighted by atomic mass is 9.95. The maximum atomic E-state index is 13.8. The molecular weight excluding hydrogens is 321 g/mol. The summed E-state index contributed by atoms with van der Waals surface area (Å²) in [6, 6.07) is 4.43. The number of halogens is 2. The fourth-order valence-electron chi connectivity index (χ4n) is 2.67. The molecule has 1 fully saturated rings. The van der Waals surface area contributed by atoms with Crippen molar-refractivity contribution in [3.05, 3.63) is 34.6 Å². The highest BCUT2D eigenvalue weighted by Crippen LogP contribution is 2.25. The molecular formula is C17H23ClFNO3. The Labute approximate surface area is 141 Å². The van der Waals surface area contributed by atoms with E-state index in [-0.39, 0.29) is 18.4 Å². The molecule has 1 aromatic carbocycles. The number of benzene rings is 1. The maximum Gasteiger partial charge on any atom is 0.410 e. The largest absolute Gasteiger partial charge is 0.444 e. The molecule has 4 nitrogen and oxygen atoms in total. The second kappa shape index (κ2) is 7.05. The first kappa shape index (κ1) is 18.0. The molecule has 1 aromatic rings. The van der Waals surface area contributed by atoms with Crippen molar-refractivity contribution >= 4 is 17.7 Å². The van der Waals surface area contributed by atoms with Crippen molar-refractivity contribution in [2.24, 2.45) is 5.92 Å². The Balaban J connectivity index is 1.92. The lowest BCUT2D eigenvalue weighted by Crippen LogP contribution is -2.36. The van der Waals surface area contributed by atoms with Crippen molar-refractivity contribution in [2.75, 3.05) is 13.1 Å². The Hall–Kier alpha value is -1.33. The van der Waals surface area contributed by atoms with Crippen molar-refractivity contribution in [3.63, 3.8) is 0 Å². The summed E-state index contributed by atoms with van der Waals surface area (Å²) in [6.07, 6.45) is -0.200. The molecule has 0 spiro atoms. The summed E-state index contributed by atoms with van der Waals surface area (Å²) in [6.45, 7) is 6.41. The molecule has 1 amide bonds. The number of carbonyl (C=O) groups excluding carboxylic acids is 1. The number of carbonyl (C=O) groups is 1. The maximum absolute atomic E-state index is 13.8. The lowest BCUT2D eigenvalue weighted by Gasteiger charge is -2.25. The Morgan fingerprint density at radius 2 is 2.22 bits per heavy atom. The third kappa shape index (κ3) is 5.08. The number of amides is 1. The monoisotopic (exact) mass is 343 g/mol. The van der Waals surface area contributed by atoms with E-state index < -0.39 is 17.5 Å². The van der Waals surface area contributed by atoms with Gasteiger partial charge in [-0.25, -0.2) is 9.18 Å². The van der Waals surface area contributed by atoms with Crippen LogP contribution in [-0.4, -0.2) is 40.9 Å². The van der Waals surface area contributed by atoms with Crippen LogP contribution < -0.4 is 0 Å². The summed E-state index contributed by atoms with van der Waals surface area (Å²) in [7, 11) is 0. The number of aliphatic hydroxyl groups excluding tert-OH is 1. The zero-order chi connectivity index (χ0) is 17.2. The van der Waals surface area contributed by atoms with Crippen molar-refractivity contribution in [3.8, 4) is 0 Å². The number of rotatable bonds is 3. The van der Waals surface area contributed by atoms with Crippen LogP contribution in [0.5, 0.6) is 0 Å². The van der Waals surface area contributed by atoms with Gasteiger partial charge in [-0.1, -0.05) is 17.7 Å². The number of hydrogen-bond donors (Lipinski definition) is 1. The van der Waals surface area contributed by atoms with Crippen molar-refractivity contribution in [2.45, 2.75) is 45.3 Å². The minimum atomic E-state index is -0.710. The van der Waals surface area contributed by atoms with E-state index in [0.717, 1.165) is 0 Å². The van der Waals surface area contributed by atoms with Crippen molar-refractivity contribution < 1.29 is 19.0 Å². The van der Waals surface area contributed by atoms with Crippen LogP contribution in [0.15, 0.2) is 18.2 Å². The van der Waals surface area contributed by atoms with E-state index in [2.05, 4.69) is 0 Å². The molecule has 23 heavy (non-hydrogen) atoms. The first-order chi connectivity index (χ1) is 10.7. The van der Waals surface area contributed by atoms with Crippen LogP contribution in [0.4, 0.5) is 9.18 Å². The molecule has 128 valence electrons. The van der Waals surface area contributed by atoms with Crippen LogP contribution in [0.1, 0.15) is 32.8 Å². The molecule has 1 N–H and O–H groups in total. The Kier molecular flexibility index (Phi) is 5.53. The second-order valence-corrected chi connectivity index (χ2v) is 7.42. The van der Waals surface area contributed by atoms with E-state index in [1.807, 2.05) is 20.8 Å². The molecule has 2 rings (SSSR count). The zero-order valence-electron chi connectivity index (χ0n) is 13.7. The van der Waals surface area contributed by atoms with E-state index in [9.17, 15) is 14.3 Å². The summed E-state index contributed by atoms with van der Waals surface area (Å²) in [4.78, 5) is 13.6. The first-order valence-corrected chi connectivity index (χ1v) is 8.13. The molecule has 0 aliphatic carbocycles. The Bertz CT molecular complexity index is 573. The highest BCUT2D eigenvalue weighted by atomic mass is 35.5. The van der Waals surface area contributed by atoms with Crippen LogP contribution in [0.2, 0.25) is 5.02 Å². The van der Waals surface area contributed by atoms with E-state index in [1.165, 1.54) is 6.07 Å². The van der Waals surface area contributed by atoms with Gasteiger partial charge in [0.1, 0.15) is 11.4 Å². The smallest absolute Gasteiger partial charge is 0.410 e. The molecule has 6 heteroatoms. The van der Waals surface area contributed by atoms with E-state index >= 15 is 0 Å². The molecule has 0 aromatic heterocycles. The van der Waals surface area contributed by atoms with Crippen LogP contribution in [0.25, 0.3) is 0 Å². The quantitative estimate of drug-likeness (QED) is 0.911. The second-order valence-electron chi connectivity index (χ2n) is 6.98. The van der Waals surface area contributed by atoms with Crippen LogP contribution >= 0.6 is 11.6 Å². The Morgan fingerprint density at radius 3 is 2.83 bits per heavy atom. The van der Waals surface area contributed by atoms with Gasteiger partial charge in [0.2, 0.25) is 0 Å². The summed E-state index contributed by atoms with van der Waals surface area (Å²) in [5, 5.41) is 10.7. The van der Waals surface area contributed by atoms with Gasteiger partial charge in [0, 0.05) is 30.5 Å². The molecule has 0 bridgehead atoms. The molecule has 0 radical (unpaired) electrons. The third-order valence-electron chi connectivity index (χ3n) is 3.86. The van der Waals surface area contributed by atoms with Crippen molar-refractivity contribution in [1.29, 1.82) is 0 Å². The summed E-state index contributed by atoms with van der Waals surface area (Å²) in [5.74, 6) is -0.504. The first-order valence-electron chi connectivity index (χ1n) is 7.75. The number of aliphatic hydroxyl groups is 1. The average molecular weight is 344 g/mol. The molecule has 2 unspecified atom stereocenters. The van der Waals surface area contributed by atoms with Crippen LogP contribution in [-0.2, 0) is 11.2 Å². The fraction of sp³-hybridized carbons (Fsp3) is 0.588. The predicted molar refractivity (Wildman–Crippen MR) is 87.0 cm³/mol. The van der Waals surface area contributed by atoms with Gasteiger partial charge in [0.15, 0.2) is 0 Å². The van der Waals surface area contributed by atoms with Gasteiger partial charge >= 0.3 is 6.09 Å². The third-order valence-corrected chi connectivity index (χ3v) is 4.10. The van der Waals surface area contributed by atoms with Gasteiger partial charge < -0.3 is 14.7 Å². The minimum Gasteiger partial charge on any atom is -0.444 e. The molecule has 0 saturated carbocycles. The highest BCUT2D eigenvalue weighted by molar-refractivity contribution is 6.30. The van der Waals surface area contributed by atoms with Gasteiger partial charge in [-0.2, -0.15) is 0 Å². The summed E-state index contributed by atoms with van der Waals surface area (Å²) < 4.78 is 19.1. The zero-order valence-corrected chi connectivity index (χ0v) is 14.4. The minimum absolute atomic E-state index is 0.0856. The standard InChI is InChI=1S/C17H23ClFNO3/c1-17(2,3)23-16(22)20-7-6-12(10-20)15(21)8-11-4-5-13(18)9-14(11)19/h4-5,9,12,15,21H,6-8,10H2,1-3H3. The van der Waals surface area contributed by atoms with E-state index in [1.54, 1.807) is 17.0 Å². The number of hydrogen-bond acceptors (Lipinski definition) is 3. The molecule has 1 saturated heterocycles. The van der Waals surface area contributed by atoms with Gasteiger partial charge in [-0.15, -0.1) is 0 Å². The molecule has 2 atom stereocenters. The molecule has 1 heterocycles.